The second-order valence-electron chi connectivity index (χ2n) is 4.37. The Morgan fingerprint density at radius 2 is 1.83 bits per heavy atom. The molecular weight excluding hydrogens is 252 g/mol. The number of rotatable bonds is 2. The van der Waals surface area contributed by atoms with Gasteiger partial charge in [-0.3, -0.25) is 9.59 Å². The quantitative estimate of drug-likeness (QED) is 0.466. The van der Waals surface area contributed by atoms with E-state index >= 15 is 0 Å². The van der Waals surface area contributed by atoms with Crippen LogP contribution in [0.4, 0.5) is 0 Å². The van der Waals surface area contributed by atoms with Crippen LogP contribution in [-0.4, -0.2) is 34.3 Å². The lowest BCUT2D eigenvalue weighted by Crippen LogP contribution is -2.46. The summed E-state index contributed by atoms with van der Waals surface area (Å²) >= 11 is 6.22. The summed E-state index contributed by atoms with van der Waals surface area (Å²) < 4.78 is 0. The average Bonchev–Trinajstić information content (AvgIpc) is 2.54. The second-order valence-corrected chi connectivity index (χ2v) is 4.93. The maximum atomic E-state index is 12.4. The highest BCUT2D eigenvalue weighted by atomic mass is 35.5. The maximum absolute atomic E-state index is 12.4. The molecule has 1 unspecified atom stereocenters. The van der Waals surface area contributed by atoms with Gasteiger partial charge in [0.05, 0.1) is 5.71 Å². The highest BCUT2D eigenvalue weighted by Gasteiger charge is 2.53. The first-order valence-corrected chi connectivity index (χ1v) is 5.89. The standard InChI is InChI=1S/C13H13ClN2O2/c1-8-4-6-10(7-5-8)11(17)13(14)9(2)15-16(3)12(13)18/h4-7H,1-3H3. The number of Topliss-reactive ketones (excluding diaryl/α,β-unsaturated/α-hetero) is 1. The molecule has 0 spiro atoms. The first-order chi connectivity index (χ1) is 8.37. The third kappa shape index (κ3) is 1.73. The van der Waals surface area contributed by atoms with Gasteiger partial charge >= 0.3 is 0 Å². The summed E-state index contributed by atoms with van der Waals surface area (Å²) in [5, 5.41) is 5.04. The third-order valence-corrected chi connectivity index (χ3v) is 3.62. The van der Waals surface area contributed by atoms with Crippen molar-refractivity contribution in [1.29, 1.82) is 0 Å². The number of carbonyl (C=O) groups excluding carboxylic acids is 2. The molecule has 1 heterocycles. The molecule has 1 aliphatic rings. The smallest absolute Gasteiger partial charge is 0.277 e. The first kappa shape index (κ1) is 12.8. The number of benzene rings is 1. The van der Waals surface area contributed by atoms with Crippen LogP contribution in [0.25, 0.3) is 0 Å². The van der Waals surface area contributed by atoms with E-state index in [4.69, 9.17) is 11.6 Å². The summed E-state index contributed by atoms with van der Waals surface area (Å²) in [4.78, 5) is 22.7. The van der Waals surface area contributed by atoms with Crippen LogP contribution in [0.15, 0.2) is 29.4 Å². The minimum atomic E-state index is -1.69. The predicted molar refractivity (Wildman–Crippen MR) is 70.0 cm³/mol. The van der Waals surface area contributed by atoms with E-state index < -0.39 is 16.6 Å². The fourth-order valence-corrected chi connectivity index (χ4v) is 2.15. The zero-order valence-corrected chi connectivity index (χ0v) is 11.2. The summed E-state index contributed by atoms with van der Waals surface area (Å²) in [6.07, 6.45) is 0. The number of nitrogens with zero attached hydrogens (tertiary/aromatic N) is 2. The molecule has 1 aromatic rings. The molecule has 0 aromatic heterocycles. The monoisotopic (exact) mass is 264 g/mol. The lowest BCUT2D eigenvalue weighted by molar-refractivity contribution is -0.128. The molecule has 4 nitrogen and oxygen atoms in total. The van der Waals surface area contributed by atoms with Crippen LogP contribution in [0.1, 0.15) is 22.8 Å². The molecule has 94 valence electrons. The summed E-state index contributed by atoms with van der Waals surface area (Å²) in [6, 6.07) is 6.95. The minimum absolute atomic E-state index is 0.308. The van der Waals surface area contributed by atoms with Crippen LogP contribution < -0.4 is 0 Å². The van der Waals surface area contributed by atoms with Gasteiger partial charge in [-0.1, -0.05) is 41.4 Å². The number of carbonyl (C=O) groups is 2. The van der Waals surface area contributed by atoms with Crippen molar-refractivity contribution in [2.45, 2.75) is 18.7 Å². The molecule has 0 saturated heterocycles. The number of hydrogen-bond donors (Lipinski definition) is 0. The van der Waals surface area contributed by atoms with E-state index in [-0.39, 0.29) is 0 Å². The predicted octanol–water partition coefficient (Wildman–Crippen LogP) is 2.00. The van der Waals surface area contributed by atoms with Crippen molar-refractivity contribution in [1.82, 2.24) is 5.01 Å². The Morgan fingerprint density at radius 3 is 2.28 bits per heavy atom. The molecule has 18 heavy (non-hydrogen) atoms. The summed E-state index contributed by atoms with van der Waals surface area (Å²) in [5.74, 6) is -0.938. The molecule has 0 N–H and O–H groups in total. The number of alkyl halides is 1. The van der Waals surface area contributed by atoms with Gasteiger partial charge in [0.2, 0.25) is 4.87 Å². The molecule has 1 aromatic carbocycles. The SMILES string of the molecule is CC1=NN(C)C(=O)C1(Cl)C(=O)c1ccc(C)cc1. The van der Waals surface area contributed by atoms with Gasteiger partial charge in [-0.15, -0.1) is 0 Å². The Morgan fingerprint density at radius 1 is 1.28 bits per heavy atom. The van der Waals surface area contributed by atoms with Crippen LogP contribution in [0.2, 0.25) is 0 Å². The Labute approximate surface area is 110 Å². The molecule has 1 atom stereocenters. The fraction of sp³-hybridized carbons (Fsp3) is 0.308. The molecule has 0 aliphatic carbocycles. The van der Waals surface area contributed by atoms with Crippen molar-refractivity contribution in [2.24, 2.45) is 5.10 Å². The Balaban J connectivity index is 2.43. The topological polar surface area (TPSA) is 49.7 Å². The molecule has 0 radical (unpaired) electrons. The van der Waals surface area contributed by atoms with Crippen LogP contribution in [0.3, 0.4) is 0 Å². The van der Waals surface area contributed by atoms with Crippen molar-refractivity contribution in [3.8, 4) is 0 Å². The van der Waals surface area contributed by atoms with Crippen LogP contribution in [-0.2, 0) is 4.79 Å². The lowest BCUT2D eigenvalue weighted by atomic mass is 9.92. The fourth-order valence-electron chi connectivity index (χ4n) is 1.88. The molecular formula is C13H13ClN2O2. The van der Waals surface area contributed by atoms with Crippen LogP contribution in [0.5, 0.6) is 0 Å². The van der Waals surface area contributed by atoms with Crippen molar-refractivity contribution >= 4 is 29.0 Å². The summed E-state index contributed by atoms with van der Waals surface area (Å²) in [6.45, 7) is 3.51. The zero-order valence-electron chi connectivity index (χ0n) is 10.4. The molecule has 5 heteroatoms. The van der Waals surface area contributed by atoms with E-state index in [1.54, 1.807) is 19.1 Å². The first-order valence-electron chi connectivity index (χ1n) is 5.51. The number of amides is 1. The van der Waals surface area contributed by atoms with E-state index in [2.05, 4.69) is 5.10 Å². The summed E-state index contributed by atoms with van der Waals surface area (Å²) in [7, 11) is 1.48. The number of ketones is 1. The lowest BCUT2D eigenvalue weighted by Gasteiger charge is -2.18. The molecule has 2 rings (SSSR count). The van der Waals surface area contributed by atoms with Gasteiger partial charge in [0.25, 0.3) is 5.91 Å². The van der Waals surface area contributed by atoms with Gasteiger partial charge < -0.3 is 0 Å². The van der Waals surface area contributed by atoms with Crippen molar-refractivity contribution in [2.75, 3.05) is 7.05 Å². The summed E-state index contributed by atoms with van der Waals surface area (Å²) in [5.41, 5.74) is 1.76. The van der Waals surface area contributed by atoms with Gasteiger partial charge in [0.15, 0.2) is 5.78 Å². The molecule has 0 saturated carbocycles. The van der Waals surface area contributed by atoms with Crippen molar-refractivity contribution < 1.29 is 9.59 Å². The minimum Gasteiger partial charge on any atom is -0.291 e. The number of hydrogen-bond acceptors (Lipinski definition) is 3. The molecule has 1 amide bonds. The zero-order chi connectivity index (χ0) is 13.5. The number of hydrazone groups is 1. The van der Waals surface area contributed by atoms with E-state index in [0.717, 1.165) is 10.6 Å². The number of aryl methyl sites for hydroxylation is 1. The van der Waals surface area contributed by atoms with E-state index in [0.29, 0.717) is 11.3 Å². The van der Waals surface area contributed by atoms with E-state index in [9.17, 15) is 9.59 Å². The highest BCUT2D eigenvalue weighted by Crippen LogP contribution is 2.30. The maximum Gasteiger partial charge on any atom is 0.277 e. The van der Waals surface area contributed by atoms with Crippen molar-refractivity contribution in [3.05, 3.63) is 35.4 Å². The van der Waals surface area contributed by atoms with Gasteiger partial charge in [-0.05, 0) is 13.8 Å². The third-order valence-electron chi connectivity index (χ3n) is 3.01. The highest BCUT2D eigenvalue weighted by molar-refractivity contribution is 6.60. The van der Waals surface area contributed by atoms with E-state index in [1.165, 1.54) is 7.05 Å². The van der Waals surface area contributed by atoms with Gasteiger partial charge in [-0.25, -0.2) is 5.01 Å². The Bertz CT molecular complexity index is 551. The van der Waals surface area contributed by atoms with E-state index in [1.807, 2.05) is 19.1 Å². The van der Waals surface area contributed by atoms with Gasteiger partial charge in [0.1, 0.15) is 0 Å². The largest absolute Gasteiger partial charge is 0.291 e. The van der Waals surface area contributed by atoms with Crippen LogP contribution >= 0.6 is 11.6 Å². The Hall–Kier alpha value is -1.68. The molecule has 0 bridgehead atoms. The van der Waals surface area contributed by atoms with Gasteiger partial charge in [0, 0.05) is 12.6 Å². The molecule has 1 aliphatic heterocycles. The Kier molecular flexibility index (Phi) is 2.99. The second kappa shape index (κ2) is 4.21. The average molecular weight is 265 g/mol. The van der Waals surface area contributed by atoms with Crippen LogP contribution in [0, 0.1) is 6.92 Å². The number of halogens is 1. The molecule has 0 fully saturated rings. The normalized spacial score (nSPS) is 23.2. The van der Waals surface area contributed by atoms with Crippen molar-refractivity contribution in [3.63, 3.8) is 0 Å². The van der Waals surface area contributed by atoms with Gasteiger partial charge in [-0.2, -0.15) is 5.10 Å².